The molecule has 2 fully saturated rings. The van der Waals surface area contributed by atoms with Crippen LogP contribution in [0.3, 0.4) is 0 Å². The summed E-state index contributed by atoms with van der Waals surface area (Å²) in [6.45, 7) is 3.44. The van der Waals surface area contributed by atoms with Gasteiger partial charge in [0.1, 0.15) is 5.69 Å². The summed E-state index contributed by atoms with van der Waals surface area (Å²) < 4.78 is 1.73. The average Bonchev–Trinajstić information content (AvgIpc) is 3.43. The van der Waals surface area contributed by atoms with Gasteiger partial charge in [-0.3, -0.25) is 19.2 Å². The summed E-state index contributed by atoms with van der Waals surface area (Å²) in [5.41, 5.74) is 4.07. The second kappa shape index (κ2) is 10.1. The van der Waals surface area contributed by atoms with Crippen LogP contribution >= 0.6 is 0 Å². The molecule has 0 bridgehead atoms. The van der Waals surface area contributed by atoms with E-state index in [-0.39, 0.29) is 36.7 Å². The van der Waals surface area contributed by atoms with Crippen LogP contribution in [0.25, 0.3) is 0 Å². The number of aliphatic hydroxyl groups is 1. The molecule has 3 aliphatic heterocycles. The number of nitrogens with one attached hydrogen (secondary N) is 1. The summed E-state index contributed by atoms with van der Waals surface area (Å²) in [6, 6.07) is 0. The summed E-state index contributed by atoms with van der Waals surface area (Å²) in [6.07, 6.45) is 3.49. The standard InChI is InChI=1S/C20H28N6O4.CH2O2/c1-13-18(24(2)12-21-13)19(30)26-8-14-7-25(9-20(14,10-26)11-27)17(29)6-4-15-3-5-16(28)23-22-15;2-1-3/h12,14,27H,3-11H2,1-2H3,(H,23,28);1H,(H,2,3)/t14-,20+;/m0./s1. The van der Waals surface area contributed by atoms with Crippen molar-refractivity contribution in [3.8, 4) is 0 Å². The third kappa shape index (κ3) is 5.05. The summed E-state index contributed by atoms with van der Waals surface area (Å²) in [5, 5.41) is 21.1. The third-order valence-electron chi connectivity index (χ3n) is 6.64. The van der Waals surface area contributed by atoms with E-state index < -0.39 is 5.41 Å². The average molecular weight is 463 g/mol. The first-order chi connectivity index (χ1) is 15.7. The molecule has 0 unspecified atom stereocenters. The van der Waals surface area contributed by atoms with Gasteiger partial charge in [-0.2, -0.15) is 5.10 Å². The molecule has 4 rings (SSSR count). The molecule has 0 radical (unpaired) electrons. The molecular formula is C21H30N6O6. The van der Waals surface area contributed by atoms with Crippen LogP contribution in [0.4, 0.5) is 0 Å². The van der Waals surface area contributed by atoms with Gasteiger partial charge in [0.25, 0.3) is 12.4 Å². The molecular weight excluding hydrogens is 432 g/mol. The fourth-order valence-electron chi connectivity index (χ4n) is 4.85. The van der Waals surface area contributed by atoms with Gasteiger partial charge in [0, 0.05) is 63.1 Å². The Labute approximate surface area is 191 Å². The van der Waals surface area contributed by atoms with E-state index in [0.717, 1.165) is 5.71 Å². The molecule has 12 nitrogen and oxygen atoms in total. The fraction of sp³-hybridized carbons (Fsp3) is 0.619. The van der Waals surface area contributed by atoms with Crippen LogP contribution in [0.1, 0.15) is 41.9 Å². The van der Waals surface area contributed by atoms with E-state index in [9.17, 15) is 19.5 Å². The van der Waals surface area contributed by atoms with Gasteiger partial charge in [0.2, 0.25) is 11.8 Å². The summed E-state index contributed by atoms with van der Waals surface area (Å²) >= 11 is 0. The lowest BCUT2D eigenvalue weighted by Crippen LogP contribution is -2.41. The molecule has 1 aromatic rings. The van der Waals surface area contributed by atoms with Gasteiger partial charge < -0.3 is 24.6 Å². The molecule has 3 aliphatic rings. The SMILES string of the molecule is Cc1ncn(C)c1C(=O)N1C[C@@H]2CN(C(=O)CCC3=NNC(=O)CC3)C[C@]2(CO)C1.O=CO. The molecule has 4 heterocycles. The number of fused-ring (bicyclic) bond motifs is 1. The van der Waals surface area contributed by atoms with Crippen LogP contribution in [0.15, 0.2) is 11.4 Å². The number of rotatable bonds is 5. The lowest BCUT2D eigenvalue weighted by atomic mass is 9.82. The number of imidazole rings is 1. The molecule has 3 N–H and O–H groups in total. The second-order valence-corrected chi connectivity index (χ2v) is 8.79. The van der Waals surface area contributed by atoms with Crippen LogP contribution in [-0.4, -0.2) is 92.3 Å². The number of hydrogen-bond acceptors (Lipinski definition) is 7. The van der Waals surface area contributed by atoms with Crippen molar-refractivity contribution in [1.82, 2.24) is 24.8 Å². The molecule has 180 valence electrons. The van der Waals surface area contributed by atoms with Gasteiger partial charge in [0.15, 0.2) is 0 Å². The van der Waals surface area contributed by atoms with Crippen molar-refractivity contribution >= 4 is 29.9 Å². The Morgan fingerprint density at radius 1 is 1.27 bits per heavy atom. The fourth-order valence-corrected chi connectivity index (χ4v) is 4.85. The molecule has 2 saturated heterocycles. The Morgan fingerprint density at radius 2 is 1.94 bits per heavy atom. The zero-order valence-electron chi connectivity index (χ0n) is 18.9. The first-order valence-corrected chi connectivity index (χ1v) is 10.8. The van der Waals surface area contributed by atoms with Gasteiger partial charge >= 0.3 is 0 Å². The van der Waals surface area contributed by atoms with Crippen LogP contribution in [0.2, 0.25) is 0 Å². The number of likely N-dealkylation sites (tertiary alicyclic amines) is 2. The maximum Gasteiger partial charge on any atom is 0.290 e. The molecule has 1 aromatic heterocycles. The number of carboxylic acid groups (broad SMARTS) is 1. The number of aromatic nitrogens is 2. The predicted molar refractivity (Wildman–Crippen MR) is 116 cm³/mol. The minimum atomic E-state index is -0.478. The highest BCUT2D eigenvalue weighted by molar-refractivity contribution is 5.95. The second-order valence-electron chi connectivity index (χ2n) is 8.79. The van der Waals surface area contributed by atoms with E-state index in [4.69, 9.17) is 9.90 Å². The lowest BCUT2D eigenvalue weighted by molar-refractivity contribution is -0.130. The maximum absolute atomic E-state index is 13.0. The number of amides is 3. The largest absolute Gasteiger partial charge is 0.483 e. The molecule has 12 heteroatoms. The van der Waals surface area contributed by atoms with Crippen LogP contribution in [0.5, 0.6) is 0 Å². The number of aliphatic hydroxyl groups excluding tert-OH is 1. The Kier molecular flexibility index (Phi) is 7.46. The number of nitrogens with zero attached hydrogens (tertiary/aromatic N) is 5. The molecule has 0 saturated carbocycles. The number of hydrazone groups is 1. The molecule has 0 aliphatic carbocycles. The van der Waals surface area contributed by atoms with E-state index in [1.165, 1.54) is 0 Å². The van der Waals surface area contributed by atoms with Crippen molar-refractivity contribution in [2.75, 3.05) is 32.8 Å². The molecule has 0 spiro atoms. The van der Waals surface area contributed by atoms with Crippen LogP contribution in [0, 0.1) is 18.3 Å². The summed E-state index contributed by atoms with van der Waals surface area (Å²) in [7, 11) is 1.80. The molecule has 2 atom stereocenters. The van der Waals surface area contributed by atoms with E-state index in [1.54, 1.807) is 27.7 Å². The Morgan fingerprint density at radius 3 is 2.48 bits per heavy atom. The molecule has 33 heavy (non-hydrogen) atoms. The van der Waals surface area contributed by atoms with Crippen molar-refractivity contribution in [2.45, 2.75) is 32.6 Å². The third-order valence-corrected chi connectivity index (χ3v) is 6.64. The molecule has 3 amide bonds. The Balaban J connectivity index is 0.000000968. The normalized spacial score (nSPS) is 23.9. The number of carbonyl (C=O) groups is 4. The summed E-state index contributed by atoms with van der Waals surface area (Å²) in [4.78, 5) is 53.1. The maximum atomic E-state index is 13.0. The highest BCUT2D eigenvalue weighted by atomic mass is 16.3. The number of hydrogen-bond donors (Lipinski definition) is 3. The van der Waals surface area contributed by atoms with Gasteiger partial charge in [-0.15, -0.1) is 0 Å². The van der Waals surface area contributed by atoms with Crippen molar-refractivity contribution in [3.63, 3.8) is 0 Å². The topological polar surface area (TPSA) is 157 Å². The van der Waals surface area contributed by atoms with Crippen LogP contribution < -0.4 is 5.43 Å². The monoisotopic (exact) mass is 462 g/mol. The van der Waals surface area contributed by atoms with Gasteiger partial charge in [0.05, 0.1) is 18.6 Å². The number of carbonyl (C=O) groups excluding carboxylic acids is 3. The minimum absolute atomic E-state index is 0.0252. The van der Waals surface area contributed by atoms with Gasteiger partial charge in [-0.05, 0) is 19.8 Å². The van der Waals surface area contributed by atoms with E-state index in [2.05, 4.69) is 15.5 Å². The number of aryl methyl sites for hydroxylation is 2. The first-order valence-electron chi connectivity index (χ1n) is 10.8. The van der Waals surface area contributed by atoms with Crippen molar-refractivity contribution in [3.05, 3.63) is 17.7 Å². The minimum Gasteiger partial charge on any atom is -0.483 e. The zero-order chi connectivity index (χ0) is 24.2. The Bertz CT molecular complexity index is 940. The van der Waals surface area contributed by atoms with Crippen molar-refractivity contribution < 1.29 is 29.4 Å². The zero-order valence-corrected chi connectivity index (χ0v) is 18.9. The van der Waals surface area contributed by atoms with Gasteiger partial charge in [-0.25, -0.2) is 10.4 Å². The summed E-state index contributed by atoms with van der Waals surface area (Å²) in [5.74, 6) is -0.0971. The highest BCUT2D eigenvalue weighted by Crippen LogP contribution is 2.43. The smallest absolute Gasteiger partial charge is 0.290 e. The highest BCUT2D eigenvalue weighted by Gasteiger charge is 2.54. The lowest BCUT2D eigenvalue weighted by Gasteiger charge is -2.27. The van der Waals surface area contributed by atoms with Crippen LogP contribution in [-0.2, 0) is 21.4 Å². The van der Waals surface area contributed by atoms with E-state index >= 15 is 0 Å². The van der Waals surface area contributed by atoms with Crippen molar-refractivity contribution in [1.29, 1.82) is 0 Å². The first kappa shape index (κ1) is 24.4. The molecule has 0 aromatic carbocycles. The van der Waals surface area contributed by atoms with Crippen molar-refractivity contribution in [2.24, 2.45) is 23.5 Å². The van der Waals surface area contributed by atoms with Gasteiger partial charge in [-0.1, -0.05) is 0 Å². The Hall–Kier alpha value is -3.28. The van der Waals surface area contributed by atoms with E-state index in [0.29, 0.717) is 63.3 Å². The van der Waals surface area contributed by atoms with E-state index in [1.807, 2.05) is 6.92 Å². The quantitative estimate of drug-likeness (QED) is 0.492. The predicted octanol–water partition coefficient (Wildman–Crippen LogP) is -0.632.